The molecule has 0 amide bonds. The van der Waals surface area contributed by atoms with Crippen LogP contribution in [0.5, 0.6) is 0 Å². The molecule has 2 saturated carbocycles. The second kappa shape index (κ2) is 12.3. The average Bonchev–Trinajstić information content (AvgIpc) is 3.13. The Hall–Kier alpha value is -0.820. The molecule has 1 aromatic carbocycles. The zero-order valence-electron chi connectivity index (χ0n) is 20.6. The van der Waals surface area contributed by atoms with Gasteiger partial charge in [-0.1, -0.05) is 91.0 Å². The van der Waals surface area contributed by atoms with Gasteiger partial charge in [0.15, 0.2) is 0 Å². The van der Waals surface area contributed by atoms with Crippen LogP contribution in [0, 0.1) is 35.5 Å². The maximum Gasteiger partial charge on any atom is -0.0162 e. The third-order valence-electron chi connectivity index (χ3n) is 8.69. The fourth-order valence-electron chi connectivity index (χ4n) is 6.78. The Bertz CT molecular complexity index is 583. The minimum absolute atomic E-state index is 0. The van der Waals surface area contributed by atoms with Crippen LogP contribution in [0.25, 0.3) is 0 Å². The first-order chi connectivity index (χ1) is 14.0. The molecule has 0 spiro atoms. The van der Waals surface area contributed by atoms with E-state index in [0.717, 1.165) is 41.4 Å². The van der Waals surface area contributed by atoms with Crippen LogP contribution >= 0.6 is 0 Å². The summed E-state index contributed by atoms with van der Waals surface area (Å²) in [6.07, 6.45) is 15.5. The minimum Gasteiger partial charge on any atom is -0.412 e. The molecule has 2 aliphatic rings. The Labute approximate surface area is 187 Å². The van der Waals surface area contributed by atoms with Crippen LogP contribution in [0.1, 0.15) is 116 Å². The first kappa shape index (κ1) is 25.4. The maximum atomic E-state index is 2.55. The molecule has 5 atom stereocenters. The molecule has 0 aliphatic heterocycles. The Morgan fingerprint density at radius 1 is 0.900 bits per heavy atom. The van der Waals surface area contributed by atoms with Crippen LogP contribution in [0.4, 0.5) is 0 Å². The molecular weight excluding hydrogens is 364 g/mol. The lowest BCUT2D eigenvalue weighted by Gasteiger charge is -2.26. The van der Waals surface area contributed by atoms with Gasteiger partial charge in [0.25, 0.3) is 0 Å². The van der Waals surface area contributed by atoms with Crippen molar-refractivity contribution in [3.63, 3.8) is 0 Å². The zero-order chi connectivity index (χ0) is 20.8. The fraction of sp³-hybridized carbons (Fsp3) is 0.793. The van der Waals surface area contributed by atoms with Crippen LogP contribution in [0.15, 0.2) is 24.3 Å². The van der Waals surface area contributed by atoms with E-state index < -0.39 is 0 Å². The predicted octanol–water partition coefficient (Wildman–Crippen LogP) is 8.21. The summed E-state index contributed by atoms with van der Waals surface area (Å²) in [5.74, 6) is 6.47. The molecule has 2 aliphatic carbocycles. The number of benzene rings is 1. The molecule has 1 heteroatoms. The molecule has 30 heavy (non-hydrogen) atoms. The summed E-state index contributed by atoms with van der Waals surface area (Å²) in [5, 5.41) is 0. The molecule has 0 bridgehead atoms. The van der Waals surface area contributed by atoms with Gasteiger partial charge in [0, 0.05) is 0 Å². The van der Waals surface area contributed by atoms with Crippen molar-refractivity contribution in [3.05, 3.63) is 35.4 Å². The van der Waals surface area contributed by atoms with Gasteiger partial charge in [-0.25, -0.2) is 0 Å². The molecule has 0 saturated heterocycles. The van der Waals surface area contributed by atoms with E-state index >= 15 is 0 Å². The predicted molar refractivity (Wildman–Crippen MR) is 132 cm³/mol. The van der Waals surface area contributed by atoms with Crippen LogP contribution in [-0.2, 0) is 6.42 Å². The van der Waals surface area contributed by atoms with Crippen molar-refractivity contribution >= 4 is 0 Å². The number of hydrogen-bond donors (Lipinski definition) is 0. The quantitative estimate of drug-likeness (QED) is 0.390. The van der Waals surface area contributed by atoms with E-state index in [-0.39, 0.29) is 5.48 Å². The van der Waals surface area contributed by atoms with E-state index in [1.807, 2.05) is 0 Å². The Balaban J connectivity index is 0.00000320. The van der Waals surface area contributed by atoms with Crippen LogP contribution in [0.2, 0.25) is 0 Å². The normalized spacial score (nSPS) is 31.2. The highest BCUT2D eigenvalue weighted by Crippen LogP contribution is 2.45. The van der Waals surface area contributed by atoms with E-state index in [4.69, 9.17) is 0 Å². The second-order valence-corrected chi connectivity index (χ2v) is 11.2. The van der Waals surface area contributed by atoms with E-state index in [9.17, 15) is 0 Å². The summed E-state index contributed by atoms with van der Waals surface area (Å²) >= 11 is 0. The van der Waals surface area contributed by atoms with Gasteiger partial charge in [0.05, 0.1) is 0 Å². The first-order valence-electron chi connectivity index (χ1n) is 13.1. The lowest BCUT2D eigenvalue weighted by molar-refractivity contribution is 0.288. The van der Waals surface area contributed by atoms with Crippen LogP contribution in [0.3, 0.4) is 0 Å². The summed E-state index contributed by atoms with van der Waals surface area (Å²) < 4.78 is 0. The number of rotatable bonds is 9. The maximum absolute atomic E-state index is 2.55. The van der Waals surface area contributed by atoms with Gasteiger partial charge in [-0.3, -0.25) is 0 Å². The van der Waals surface area contributed by atoms with E-state index in [1.54, 1.807) is 11.1 Å². The summed E-state index contributed by atoms with van der Waals surface area (Å²) in [4.78, 5) is 0. The summed E-state index contributed by atoms with van der Waals surface area (Å²) in [5.41, 5.74) is 3.15. The van der Waals surface area contributed by atoms with Crippen molar-refractivity contribution in [2.45, 2.75) is 111 Å². The smallest absolute Gasteiger partial charge is 0.0162 e. The minimum atomic E-state index is 0. The molecule has 1 nitrogen and oxygen atoms in total. The van der Waals surface area contributed by atoms with E-state index in [2.05, 4.69) is 58.9 Å². The fourth-order valence-corrected chi connectivity index (χ4v) is 6.78. The molecule has 2 N–H and O–H groups in total. The lowest BCUT2D eigenvalue weighted by Crippen LogP contribution is -2.14. The standard InChI is InChI=1S/C29H48.H2O/c1-6-8-28-20-29(19-25(28)7-2)23(5)17-22(4)18-24-11-15-27(16-12-24)26-13-9-21(3)10-14-26;/h11-12,15-16,21-23,25-26,28-29H,6-10,13-14,17-20H2,1-5H3;1H2/t21?,22?,23?,25?,26?,28-,29?;/m1./s1. The van der Waals surface area contributed by atoms with Gasteiger partial charge < -0.3 is 5.48 Å². The molecule has 172 valence electrons. The molecular formula is C29H50O. The van der Waals surface area contributed by atoms with E-state index in [1.165, 1.54) is 70.6 Å². The van der Waals surface area contributed by atoms with Crippen molar-refractivity contribution in [3.8, 4) is 0 Å². The van der Waals surface area contributed by atoms with Gasteiger partial charge >= 0.3 is 0 Å². The largest absolute Gasteiger partial charge is 0.412 e. The average molecular weight is 415 g/mol. The molecule has 2 fully saturated rings. The Morgan fingerprint density at radius 2 is 1.53 bits per heavy atom. The third-order valence-corrected chi connectivity index (χ3v) is 8.69. The van der Waals surface area contributed by atoms with Gasteiger partial charge in [0.1, 0.15) is 0 Å². The van der Waals surface area contributed by atoms with Gasteiger partial charge in [0.2, 0.25) is 0 Å². The summed E-state index contributed by atoms with van der Waals surface area (Å²) in [6.45, 7) is 12.2. The summed E-state index contributed by atoms with van der Waals surface area (Å²) in [6, 6.07) is 9.78. The van der Waals surface area contributed by atoms with Gasteiger partial charge in [-0.2, -0.15) is 0 Å². The monoisotopic (exact) mass is 414 g/mol. The molecule has 0 aromatic heterocycles. The lowest BCUT2D eigenvalue weighted by atomic mass is 9.79. The van der Waals surface area contributed by atoms with Gasteiger partial charge in [-0.05, 0) is 91.1 Å². The van der Waals surface area contributed by atoms with Crippen molar-refractivity contribution in [2.75, 3.05) is 0 Å². The molecule has 1 aromatic rings. The highest BCUT2D eigenvalue weighted by molar-refractivity contribution is 5.26. The second-order valence-electron chi connectivity index (χ2n) is 11.2. The van der Waals surface area contributed by atoms with Crippen LogP contribution in [-0.4, -0.2) is 5.48 Å². The third kappa shape index (κ3) is 6.84. The SMILES string of the molecule is CCC[C@@H]1CC(C(C)CC(C)Cc2ccc(C3CCC(C)CC3)cc2)CC1CC.O. The zero-order valence-corrected chi connectivity index (χ0v) is 20.6. The Kier molecular flexibility index (Phi) is 10.4. The van der Waals surface area contributed by atoms with Crippen molar-refractivity contribution in [2.24, 2.45) is 35.5 Å². The van der Waals surface area contributed by atoms with Crippen molar-refractivity contribution in [1.82, 2.24) is 0 Å². The van der Waals surface area contributed by atoms with Gasteiger partial charge in [-0.15, -0.1) is 0 Å². The van der Waals surface area contributed by atoms with Crippen LogP contribution < -0.4 is 0 Å². The summed E-state index contributed by atoms with van der Waals surface area (Å²) in [7, 11) is 0. The van der Waals surface area contributed by atoms with E-state index in [0.29, 0.717) is 0 Å². The molecule has 0 radical (unpaired) electrons. The highest BCUT2D eigenvalue weighted by atomic mass is 16.0. The molecule has 3 rings (SSSR count). The molecule has 4 unspecified atom stereocenters. The first-order valence-corrected chi connectivity index (χ1v) is 13.1. The number of hydrogen-bond acceptors (Lipinski definition) is 0. The topological polar surface area (TPSA) is 31.5 Å². The van der Waals surface area contributed by atoms with Crippen molar-refractivity contribution < 1.29 is 5.48 Å². The highest BCUT2D eigenvalue weighted by Gasteiger charge is 2.35. The Morgan fingerprint density at radius 3 is 2.13 bits per heavy atom. The van der Waals surface area contributed by atoms with Crippen molar-refractivity contribution in [1.29, 1.82) is 0 Å². The molecule has 0 heterocycles.